The van der Waals surface area contributed by atoms with Gasteiger partial charge in [-0.3, -0.25) is 4.68 Å². The van der Waals surface area contributed by atoms with Gasteiger partial charge in [-0.05, 0) is 50.1 Å². The zero-order valence-corrected chi connectivity index (χ0v) is 13.2. The van der Waals surface area contributed by atoms with E-state index in [1.165, 1.54) is 12.5 Å². The smallest absolute Gasteiger partial charge is 0.132 e. The first-order chi connectivity index (χ1) is 9.58. The van der Waals surface area contributed by atoms with Crippen molar-refractivity contribution < 1.29 is 4.39 Å². The van der Waals surface area contributed by atoms with E-state index >= 15 is 0 Å². The molecule has 0 radical (unpaired) electrons. The first-order valence-electron chi connectivity index (χ1n) is 6.80. The molecule has 1 fully saturated rings. The van der Waals surface area contributed by atoms with Gasteiger partial charge in [-0.2, -0.15) is 5.10 Å². The topological polar surface area (TPSA) is 29.9 Å². The molecule has 20 heavy (non-hydrogen) atoms. The maximum atomic E-state index is 14.1. The van der Waals surface area contributed by atoms with Crippen molar-refractivity contribution in [2.75, 3.05) is 6.54 Å². The first-order valence-corrected chi connectivity index (χ1v) is 7.59. The molecule has 3 nitrogen and oxygen atoms in total. The minimum Gasteiger partial charge on any atom is -0.309 e. The summed E-state index contributed by atoms with van der Waals surface area (Å²) in [7, 11) is 1.88. The van der Waals surface area contributed by atoms with Crippen LogP contribution in [0.4, 0.5) is 4.39 Å². The summed E-state index contributed by atoms with van der Waals surface area (Å²) in [6.07, 6.45) is 2.26. The Morgan fingerprint density at radius 3 is 2.95 bits per heavy atom. The van der Waals surface area contributed by atoms with Crippen LogP contribution in [-0.4, -0.2) is 16.3 Å². The molecule has 3 rings (SSSR count). The molecular formula is C15H17BrFN3. The SMILES string of the molecule is Cc1c(C2CCCN2)nn(C)c1-c1cc(Br)ccc1F. The van der Waals surface area contributed by atoms with Crippen molar-refractivity contribution in [3.63, 3.8) is 0 Å². The molecule has 1 aromatic heterocycles. The van der Waals surface area contributed by atoms with Crippen LogP contribution in [0, 0.1) is 12.7 Å². The molecule has 106 valence electrons. The Balaban J connectivity index is 2.12. The van der Waals surface area contributed by atoms with Crippen molar-refractivity contribution in [2.45, 2.75) is 25.8 Å². The van der Waals surface area contributed by atoms with E-state index in [4.69, 9.17) is 0 Å². The maximum Gasteiger partial charge on any atom is 0.132 e. The molecule has 1 unspecified atom stereocenters. The predicted octanol–water partition coefficient (Wildman–Crippen LogP) is 3.72. The molecule has 0 saturated carbocycles. The Hall–Kier alpha value is -1.20. The van der Waals surface area contributed by atoms with Crippen molar-refractivity contribution in [1.29, 1.82) is 0 Å². The van der Waals surface area contributed by atoms with E-state index in [1.807, 2.05) is 20.0 Å². The molecule has 0 bridgehead atoms. The van der Waals surface area contributed by atoms with Gasteiger partial charge in [0.15, 0.2) is 0 Å². The van der Waals surface area contributed by atoms with Gasteiger partial charge in [-0.15, -0.1) is 0 Å². The van der Waals surface area contributed by atoms with Gasteiger partial charge < -0.3 is 5.32 Å². The summed E-state index contributed by atoms with van der Waals surface area (Å²) in [5.41, 5.74) is 3.55. The molecule has 0 aliphatic carbocycles. The number of aryl methyl sites for hydroxylation is 1. The fourth-order valence-electron chi connectivity index (χ4n) is 2.95. The zero-order valence-electron chi connectivity index (χ0n) is 11.6. The monoisotopic (exact) mass is 337 g/mol. The third-order valence-electron chi connectivity index (χ3n) is 3.89. The molecule has 1 atom stereocenters. The molecule has 1 aliphatic rings. The van der Waals surface area contributed by atoms with Crippen LogP contribution in [-0.2, 0) is 7.05 Å². The summed E-state index contributed by atoms with van der Waals surface area (Å²) in [6, 6.07) is 5.30. The van der Waals surface area contributed by atoms with Crippen molar-refractivity contribution in [2.24, 2.45) is 7.05 Å². The molecule has 2 aromatic rings. The highest BCUT2D eigenvalue weighted by molar-refractivity contribution is 9.10. The number of halogens is 2. The maximum absolute atomic E-state index is 14.1. The van der Waals surface area contributed by atoms with E-state index in [9.17, 15) is 4.39 Å². The fourth-order valence-corrected chi connectivity index (χ4v) is 3.32. The second-order valence-electron chi connectivity index (χ2n) is 5.26. The molecule has 1 aliphatic heterocycles. The highest BCUT2D eigenvalue weighted by atomic mass is 79.9. The molecule has 2 heterocycles. The number of aromatic nitrogens is 2. The van der Waals surface area contributed by atoms with Gasteiger partial charge >= 0.3 is 0 Å². The lowest BCUT2D eigenvalue weighted by Gasteiger charge is -2.08. The van der Waals surface area contributed by atoms with Crippen LogP contribution < -0.4 is 5.32 Å². The van der Waals surface area contributed by atoms with Crippen LogP contribution in [0.5, 0.6) is 0 Å². The van der Waals surface area contributed by atoms with E-state index in [1.54, 1.807) is 10.7 Å². The number of hydrogen-bond donors (Lipinski definition) is 1. The second-order valence-corrected chi connectivity index (χ2v) is 6.17. The predicted molar refractivity (Wildman–Crippen MR) is 81.0 cm³/mol. The van der Waals surface area contributed by atoms with E-state index in [2.05, 4.69) is 26.3 Å². The van der Waals surface area contributed by atoms with Crippen molar-refractivity contribution in [1.82, 2.24) is 15.1 Å². The van der Waals surface area contributed by atoms with Gasteiger partial charge in [0.05, 0.1) is 17.4 Å². The molecular weight excluding hydrogens is 321 g/mol. The van der Waals surface area contributed by atoms with Gasteiger partial charge in [0, 0.05) is 17.1 Å². The fraction of sp³-hybridized carbons (Fsp3) is 0.400. The lowest BCUT2D eigenvalue weighted by Crippen LogP contribution is -2.14. The summed E-state index contributed by atoms with van der Waals surface area (Å²) in [4.78, 5) is 0. The zero-order chi connectivity index (χ0) is 14.3. The van der Waals surface area contributed by atoms with E-state index in [0.717, 1.165) is 34.4 Å². The second kappa shape index (κ2) is 5.30. The highest BCUT2D eigenvalue weighted by Gasteiger charge is 2.25. The standard InChI is InChI=1S/C15H17BrFN3/c1-9-14(13-4-3-7-18-13)19-20(2)15(9)11-8-10(16)5-6-12(11)17/h5-6,8,13,18H,3-4,7H2,1-2H3. The number of rotatable bonds is 2. The first kappa shape index (κ1) is 13.8. The summed E-state index contributed by atoms with van der Waals surface area (Å²) in [5, 5.41) is 8.06. The van der Waals surface area contributed by atoms with E-state index in [-0.39, 0.29) is 5.82 Å². The molecule has 0 spiro atoms. The summed E-state index contributed by atoms with van der Waals surface area (Å²) >= 11 is 3.41. The minimum absolute atomic E-state index is 0.217. The van der Waals surface area contributed by atoms with Crippen LogP contribution >= 0.6 is 15.9 Å². The minimum atomic E-state index is -0.217. The van der Waals surface area contributed by atoms with Crippen molar-refractivity contribution in [3.8, 4) is 11.3 Å². The number of nitrogens with one attached hydrogen (secondary N) is 1. The largest absolute Gasteiger partial charge is 0.309 e. The molecule has 1 aromatic carbocycles. The number of hydrogen-bond acceptors (Lipinski definition) is 2. The van der Waals surface area contributed by atoms with Crippen LogP contribution in [0.25, 0.3) is 11.3 Å². The molecule has 1 saturated heterocycles. The van der Waals surface area contributed by atoms with Gasteiger partial charge in [-0.1, -0.05) is 15.9 Å². The van der Waals surface area contributed by atoms with Crippen LogP contribution in [0.3, 0.4) is 0 Å². The molecule has 5 heteroatoms. The normalized spacial score (nSPS) is 18.7. The number of nitrogens with zero attached hydrogens (tertiary/aromatic N) is 2. The Labute approximate surface area is 126 Å². The van der Waals surface area contributed by atoms with Crippen molar-refractivity contribution >= 4 is 15.9 Å². The van der Waals surface area contributed by atoms with E-state index in [0.29, 0.717) is 11.6 Å². The third-order valence-corrected chi connectivity index (χ3v) is 4.39. The van der Waals surface area contributed by atoms with Crippen LogP contribution in [0.1, 0.15) is 30.1 Å². The van der Waals surface area contributed by atoms with Gasteiger partial charge in [0.2, 0.25) is 0 Å². The summed E-state index contributed by atoms with van der Waals surface area (Å²) in [6.45, 7) is 3.05. The third kappa shape index (κ3) is 2.29. The van der Waals surface area contributed by atoms with Gasteiger partial charge in [0.1, 0.15) is 5.82 Å². The summed E-state index contributed by atoms with van der Waals surface area (Å²) in [5.74, 6) is -0.217. The van der Waals surface area contributed by atoms with Gasteiger partial charge in [0.25, 0.3) is 0 Å². The molecule has 0 amide bonds. The Morgan fingerprint density at radius 1 is 1.45 bits per heavy atom. The van der Waals surface area contributed by atoms with Crippen molar-refractivity contribution in [3.05, 3.63) is 39.7 Å². The quantitative estimate of drug-likeness (QED) is 0.904. The van der Waals surface area contributed by atoms with Crippen LogP contribution in [0.15, 0.2) is 22.7 Å². The summed E-state index contributed by atoms with van der Waals surface area (Å²) < 4.78 is 16.8. The highest BCUT2D eigenvalue weighted by Crippen LogP contribution is 2.33. The Morgan fingerprint density at radius 2 is 2.25 bits per heavy atom. The van der Waals surface area contributed by atoms with Crippen LogP contribution in [0.2, 0.25) is 0 Å². The average molecular weight is 338 g/mol. The van der Waals surface area contributed by atoms with Gasteiger partial charge in [-0.25, -0.2) is 4.39 Å². The molecule has 1 N–H and O–H groups in total. The average Bonchev–Trinajstić information content (AvgIpc) is 3.02. The Bertz CT molecular complexity index is 645. The number of benzene rings is 1. The van der Waals surface area contributed by atoms with E-state index < -0.39 is 0 Å². The Kier molecular flexibility index (Phi) is 3.65. The lowest BCUT2D eigenvalue weighted by molar-refractivity contribution is 0.604. The lowest BCUT2D eigenvalue weighted by atomic mass is 10.0.